The Morgan fingerprint density at radius 3 is 2.47 bits per heavy atom. The largest absolute Gasteiger partial charge is 0.332 e. The van der Waals surface area contributed by atoms with Gasteiger partial charge in [-0.15, -0.1) is 0 Å². The van der Waals surface area contributed by atoms with Crippen LogP contribution < -0.4 is 0 Å². The van der Waals surface area contributed by atoms with Crippen LogP contribution in [0.25, 0.3) is 0 Å². The lowest BCUT2D eigenvalue weighted by Gasteiger charge is -2.38. The first-order valence-corrected chi connectivity index (χ1v) is 5.41. The molecule has 0 aromatic carbocycles. The van der Waals surface area contributed by atoms with Crippen LogP contribution >= 0.6 is 0 Å². The highest BCUT2D eigenvalue weighted by molar-refractivity contribution is 5.97. The van der Waals surface area contributed by atoms with Crippen LogP contribution in [0.3, 0.4) is 0 Å². The molecule has 2 aliphatic heterocycles. The van der Waals surface area contributed by atoms with Gasteiger partial charge in [0.25, 0.3) is 0 Å². The SMILES string of the molecule is CC1C(=O)N2CC(C)(C)CC2C(=O)N1C. The highest BCUT2D eigenvalue weighted by Crippen LogP contribution is 2.37. The van der Waals surface area contributed by atoms with Crippen LogP contribution in [0.5, 0.6) is 0 Å². The predicted molar refractivity (Wildman–Crippen MR) is 56.1 cm³/mol. The maximum Gasteiger partial charge on any atom is 0.245 e. The Morgan fingerprint density at radius 1 is 1.27 bits per heavy atom. The Morgan fingerprint density at radius 2 is 1.87 bits per heavy atom. The zero-order valence-electron chi connectivity index (χ0n) is 9.78. The van der Waals surface area contributed by atoms with E-state index < -0.39 is 0 Å². The standard InChI is InChI=1S/C11H18N2O2/c1-7-9(14)13-6-11(2,3)5-8(13)10(15)12(7)4/h7-8H,5-6H2,1-4H3. The van der Waals surface area contributed by atoms with E-state index in [2.05, 4.69) is 13.8 Å². The second-order valence-corrected chi connectivity index (χ2v) is 5.48. The number of hydrogen-bond acceptors (Lipinski definition) is 2. The van der Waals surface area contributed by atoms with E-state index in [1.54, 1.807) is 23.8 Å². The first-order chi connectivity index (χ1) is 6.83. The van der Waals surface area contributed by atoms with Gasteiger partial charge in [0.15, 0.2) is 0 Å². The highest BCUT2D eigenvalue weighted by Gasteiger charge is 2.50. The fraction of sp³-hybridized carbons (Fsp3) is 0.818. The first kappa shape index (κ1) is 10.5. The molecular formula is C11H18N2O2. The van der Waals surface area contributed by atoms with Crippen LogP contribution in [-0.4, -0.2) is 47.3 Å². The number of carbonyl (C=O) groups excluding carboxylic acids is 2. The van der Waals surface area contributed by atoms with Gasteiger partial charge in [0.05, 0.1) is 0 Å². The summed E-state index contributed by atoms with van der Waals surface area (Å²) in [6.45, 7) is 6.72. The maximum atomic E-state index is 12.0. The molecule has 0 aromatic rings. The van der Waals surface area contributed by atoms with E-state index in [1.807, 2.05) is 0 Å². The zero-order valence-corrected chi connectivity index (χ0v) is 9.78. The molecule has 0 saturated carbocycles. The van der Waals surface area contributed by atoms with Crippen LogP contribution in [0.4, 0.5) is 0 Å². The van der Waals surface area contributed by atoms with Crippen molar-refractivity contribution in [3.05, 3.63) is 0 Å². The molecule has 2 saturated heterocycles. The summed E-state index contributed by atoms with van der Waals surface area (Å²) >= 11 is 0. The number of amides is 2. The van der Waals surface area contributed by atoms with Crippen molar-refractivity contribution < 1.29 is 9.59 Å². The number of hydrogen-bond donors (Lipinski definition) is 0. The third kappa shape index (κ3) is 1.43. The predicted octanol–water partition coefficient (Wildman–Crippen LogP) is 0.474. The molecule has 0 bridgehead atoms. The van der Waals surface area contributed by atoms with Gasteiger partial charge in [0.1, 0.15) is 12.1 Å². The molecule has 84 valence electrons. The highest BCUT2D eigenvalue weighted by atomic mass is 16.2. The Hall–Kier alpha value is -1.06. The maximum absolute atomic E-state index is 12.0. The minimum atomic E-state index is -0.303. The van der Waals surface area contributed by atoms with Gasteiger partial charge in [-0.25, -0.2) is 0 Å². The van der Waals surface area contributed by atoms with E-state index in [-0.39, 0.29) is 29.3 Å². The summed E-state index contributed by atoms with van der Waals surface area (Å²) in [5, 5.41) is 0. The molecule has 4 heteroatoms. The van der Waals surface area contributed by atoms with Crippen molar-refractivity contribution in [3.63, 3.8) is 0 Å². The summed E-state index contributed by atoms with van der Waals surface area (Å²) in [4.78, 5) is 27.3. The van der Waals surface area contributed by atoms with Gasteiger partial charge in [-0.1, -0.05) is 13.8 Å². The number of fused-ring (bicyclic) bond motifs is 1. The van der Waals surface area contributed by atoms with Gasteiger partial charge in [-0.05, 0) is 18.8 Å². The van der Waals surface area contributed by atoms with E-state index in [0.29, 0.717) is 6.54 Å². The fourth-order valence-corrected chi connectivity index (χ4v) is 2.55. The van der Waals surface area contributed by atoms with E-state index in [1.165, 1.54) is 0 Å². The van der Waals surface area contributed by atoms with E-state index >= 15 is 0 Å². The number of rotatable bonds is 0. The van der Waals surface area contributed by atoms with Gasteiger partial charge in [-0.3, -0.25) is 9.59 Å². The van der Waals surface area contributed by atoms with Crippen LogP contribution in [0, 0.1) is 5.41 Å². The third-order valence-electron chi connectivity index (χ3n) is 3.57. The fourth-order valence-electron chi connectivity index (χ4n) is 2.55. The van der Waals surface area contributed by atoms with Crippen molar-refractivity contribution in [2.24, 2.45) is 5.41 Å². The minimum Gasteiger partial charge on any atom is -0.332 e. The smallest absolute Gasteiger partial charge is 0.245 e. The molecule has 2 atom stereocenters. The van der Waals surface area contributed by atoms with Crippen molar-refractivity contribution in [2.75, 3.05) is 13.6 Å². The molecule has 0 N–H and O–H groups in total. The van der Waals surface area contributed by atoms with Crippen LogP contribution in [0.1, 0.15) is 27.2 Å². The van der Waals surface area contributed by atoms with Crippen molar-refractivity contribution in [3.8, 4) is 0 Å². The topological polar surface area (TPSA) is 40.6 Å². The van der Waals surface area contributed by atoms with Gasteiger partial charge in [0.2, 0.25) is 11.8 Å². The van der Waals surface area contributed by atoms with E-state index in [0.717, 1.165) is 6.42 Å². The molecule has 0 radical (unpaired) electrons. The van der Waals surface area contributed by atoms with Crippen LogP contribution in [0.15, 0.2) is 0 Å². The van der Waals surface area contributed by atoms with Gasteiger partial charge < -0.3 is 9.80 Å². The van der Waals surface area contributed by atoms with Crippen molar-refractivity contribution in [2.45, 2.75) is 39.3 Å². The second-order valence-electron chi connectivity index (χ2n) is 5.48. The summed E-state index contributed by atoms with van der Waals surface area (Å²) in [7, 11) is 1.72. The van der Waals surface area contributed by atoms with Crippen molar-refractivity contribution in [1.82, 2.24) is 9.80 Å². The lowest BCUT2D eigenvalue weighted by molar-refractivity contribution is -0.156. The van der Waals surface area contributed by atoms with E-state index in [4.69, 9.17) is 0 Å². The monoisotopic (exact) mass is 210 g/mol. The Bertz CT molecular complexity index is 295. The molecule has 0 aliphatic carbocycles. The second kappa shape index (κ2) is 2.97. The van der Waals surface area contributed by atoms with Gasteiger partial charge in [-0.2, -0.15) is 0 Å². The summed E-state index contributed by atoms with van der Waals surface area (Å²) in [6, 6.07) is -0.517. The molecule has 2 amide bonds. The van der Waals surface area contributed by atoms with Crippen LogP contribution in [-0.2, 0) is 9.59 Å². The summed E-state index contributed by atoms with van der Waals surface area (Å²) in [6.07, 6.45) is 0.786. The summed E-state index contributed by atoms with van der Waals surface area (Å²) in [5.74, 6) is 0.181. The molecule has 15 heavy (non-hydrogen) atoms. The van der Waals surface area contributed by atoms with Crippen molar-refractivity contribution >= 4 is 11.8 Å². The lowest BCUT2D eigenvalue weighted by Crippen LogP contribution is -2.60. The molecule has 0 spiro atoms. The molecular weight excluding hydrogens is 192 g/mol. The van der Waals surface area contributed by atoms with Crippen molar-refractivity contribution in [1.29, 1.82) is 0 Å². The molecule has 2 heterocycles. The molecule has 2 fully saturated rings. The number of likely N-dealkylation sites (N-methyl/N-ethyl adjacent to an activating group) is 1. The summed E-state index contributed by atoms with van der Waals surface area (Å²) in [5.41, 5.74) is 0.0703. The van der Waals surface area contributed by atoms with Gasteiger partial charge in [0, 0.05) is 13.6 Å². The Balaban J connectivity index is 2.31. The van der Waals surface area contributed by atoms with Crippen LogP contribution in [0.2, 0.25) is 0 Å². The first-order valence-electron chi connectivity index (χ1n) is 5.41. The average Bonchev–Trinajstić information content (AvgIpc) is 2.48. The van der Waals surface area contributed by atoms with Gasteiger partial charge >= 0.3 is 0 Å². The third-order valence-corrected chi connectivity index (χ3v) is 3.57. The minimum absolute atomic E-state index is 0.0703. The average molecular weight is 210 g/mol. The summed E-state index contributed by atoms with van der Waals surface area (Å²) < 4.78 is 0. The normalized spacial score (nSPS) is 34.7. The Kier molecular flexibility index (Phi) is 2.07. The zero-order chi connectivity index (χ0) is 11.4. The Labute approximate surface area is 90.2 Å². The quantitative estimate of drug-likeness (QED) is 0.583. The molecule has 0 aromatic heterocycles. The van der Waals surface area contributed by atoms with E-state index in [9.17, 15) is 9.59 Å². The number of nitrogens with zero attached hydrogens (tertiary/aromatic N) is 2. The molecule has 4 nitrogen and oxygen atoms in total. The number of carbonyl (C=O) groups is 2. The molecule has 2 rings (SSSR count). The molecule has 2 aliphatic rings. The lowest BCUT2D eigenvalue weighted by atomic mass is 9.90. The molecule has 2 unspecified atom stereocenters. The number of piperazine rings is 1.